The van der Waals surface area contributed by atoms with Gasteiger partial charge in [0.05, 0.1) is 5.56 Å². The Balaban J connectivity index is 2.50. The predicted octanol–water partition coefficient (Wildman–Crippen LogP) is 3.97. The molecule has 0 N–H and O–H groups in total. The maximum atomic E-state index is 13.6. The summed E-state index contributed by atoms with van der Waals surface area (Å²) in [7, 11) is 0. The topological polar surface area (TPSA) is 33.0 Å². The van der Waals surface area contributed by atoms with E-state index in [1.807, 2.05) is 0 Å². The van der Waals surface area contributed by atoms with E-state index >= 15 is 0 Å². The van der Waals surface area contributed by atoms with Crippen molar-refractivity contribution in [3.8, 4) is 22.9 Å². The molecule has 0 bridgehead atoms. The molecule has 96 valence electrons. The molecular formula is C14H8F3NO. The van der Waals surface area contributed by atoms with Gasteiger partial charge in [0.1, 0.15) is 17.6 Å². The number of nitriles is 1. The van der Waals surface area contributed by atoms with Crippen LogP contribution in [0, 0.1) is 17.1 Å². The summed E-state index contributed by atoms with van der Waals surface area (Å²) in [5, 5.41) is 8.80. The van der Waals surface area contributed by atoms with Gasteiger partial charge in [0.2, 0.25) is 0 Å². The van der Waals surface area contributed by atoms with Crippen molar-refractivity contribution in [1.29, 1.82) is 5.26 Å². The highest BCUT2D eigenvalue weighted by molar-refractivity contribution is 5.67. The van der Waals surface area contributed by atoms with E-state index in [0.29, 0.717) is 5.56 Å². The van der Waals surface area contributed by atoms with Gasteiger partial charge in [0.15, 0.2) is 0 Å². The Hall–Kier alpha value is -2.48. The van der Waals surface area contributed by atoms with Gasteiger partial charge >= 0.3 is 6.61 Å². The Morgan fingerprint density at radius 3 is 2.47 bits per heavy atom. The van der Waals surface area contributed by atoms with Crippen molar-refractivity contribution in [2.24, 2.45) is 0 Å². The third-order valence-corrected chi connectivity index (χ3v) is 2.50. The number of hydrogen-bond donors (Lipinski definition) is 0. The summed E-state index contributed by atoms with van der Waals surface area (Å²) in [5.74, 6) is -0.742. The summed E-state index contributed by atoms with van der Waals surface area (Å²) in [6, 6.07) is 11.7. The number of benzene rings is 2. The third-order valence-electron chi connectivity index (χ3n) is 2.50. The molecule has 0 aliphatic rings. The minimum absolute atomic E-state index is 0.0274. The van der Waals surface area contributed by atoms with Crippen LogP contribution in [0.3, 0.4) is 0 Å². The molecule has 0 spiro atoms. The number of rotatable bonds is 3. The molecule has 0 amide bonds. The van der Waals surface area contributed by atoms with Crippen LogP contribution in [0.5, 0.6) is 5.75 Å². The molecule has 0 radical (unpaired) electrons. The molecule has 2 aromatic carbocycles. The van der Waals surface area contributed by atoms with Gasteiger partial charge in [-0.05, 0) is 23.8 Å². The van der Waals surface area contributed by atoms with Crippen LogP contribution in [0.1, 0.15) is 5.56 Å². The summed E-state index contributed by atoms with van der Waals surface area (Å²) < 4.78 is 42.3. The molecule has 2 rings (SSSR count). The highest BCUT2D eigenvalue weighted by Crippen LogP contribution is 2.29. The van der Waals surface area contributed by atoms with Gasteiger partial charge in [-0.1, -0.05) is 24.3 Å². The van der Waals surface area contributed by atoms with Crippen molar-refractivity contribution >= 4 is 0 Å². The van der Waals surface area contributed by atoms with Crippen molar-refractivity contribution in [2.45, 2.75) is 6.61 Å². The lowest BCUT2D eigenvalue weighted by Crippen LogP contribution is -2.03. The minimum Gasteiger partial charge on any atom is -0.433 e. The lowest BCUT2D eigenvalue weighted by molar-refractivity contribution is -0.0500. The summed E-state index contributed by atoms with van der Waals surface area (Å²) in [6.45, 7) is -3.04. The second-order valence-corrected chi connectivity index (χ2v) is 3.68. The molecule has 0 heterocycles. The first-order chi connectivity index (χ1) is 9.11. The van der Waals surface area contributed by atoms with E-state index in [1.54, 1.807) is 12.1 Å². The van der Waals surface area contributed by atoms with Gasteiger partial charge in [-0.15, -0.1) is 0 Å². The fourth-order valence-electron chi connectivity index (χ4n) is 1.67. The SMILES string of the molecule is N#Cc1ccc(-c2ccccc2F)cc1OC(F)F. The summed E-state index contributed by atoms with van der Waals surface area (Å²) in [5.41, 5.74) is 0.597. The normalized spacial score (nSPS) is 10.3. The van der Waals surface area contributed by atoms with E-state index in [9.17, 15) is 13.2 Å². The van der Waals surface area contributed by atoms with E-state index in [-0.39, 0.29) is 16.9 Å². The number of ether oxygens (including phenoxy) is 1. The van der Waals surface area contributed by atoms with Crippen LogP contribution in [0.2, 0.25) is 0 Å². The van der Waals surface area contributed by atoms with Gasteiger partial charge in [-0.2, -0.15) is 14.0 Å². The quantitative estimate of drug-likeness (QED) is 0.839. The molecule has 0 saturated carbocycles. The first-order valence-electron chi connectivity index (χ1n) is 5.35. The van der Waals surface area contributed by atoms with Crippen molar-refractivity contribution in [3.63, 3.8) is 0 Å². The lowest BCUT2D eigenvalue weighted by atomic mass is 10.0. The molecule has 0 aliphatic carbocycles. The van der Waals surface area contributed by atoms with Gasteiger partial charge in [0.25, 0.3) is 0 Å². The molecule has 2 nitrogen and oxygen atoms in total. The van der Waals surface area contributed by atoms with Crippen LogP contribution in [0.15, 0.2) is 42.5 Å². The summed E-state index contributed by atoms with van der Waals surface area (Å²) >= 11 is 0. The maximum Gasteiger partial charge on any atom is 0.387 e. The van der Waals surface area contributed by atoms with Crippen LogP contribution in [-0.2, 0) is 0 Å². The van der Waals surface area contributed by atoms with Gasteiger partial charge in [-0.25, -0.2) is 4.39 Å². The van der Waals surface area contributed by atoms with Gasteiger partial charge in [-0.3, -0.25) is 0 Å². The van der Waals surface area contributed by atoms with Crippen LogP contribution in [0.25, 0.3) is 11.1 Å². The zero-order chi connectivity index (χ0) is 13.8. The van der Waals surface area contributed by atoms with Crippen LogP contribution in [0.4, 0.5) is 13.2 Å². The largest absolute Gasteiger partial charge is 0.433 e. The zero-order valence-electron chi connectivity index (χ0n) is 9.61. The second kappa shape index (κ2) is 5.44. The molecule has 5 heteroatoms. The molecular weight excluding hydrogens is 255 g/mol. The molecule has 0 unspecified atom stereocenters. The van der Waals surface area contributed by atoms with Crippen molar-refractivity contribution in [1.82, 2.24) is 0 Å². The predicted molar refractivity (Wildman–Crippen MR) is 63.2 cm³/mol. The summed E-state index contributed by atoms with van der Waals surface area (Å²) in [4.78, 5) is 0. The first-order valence-corrected chi connectivity index (χ1v) is 5.35. The van der Waals surface area contributed by atoms with Crippen LogP contribution >= 0.6 is 0 Å². The molecule has 0 saturated heterocycles. The fraction of sp³-hybridized carbons (Fsp3) is 0.0714. The highest BCUT2D eigenvalue weighted by atomic mass is 19.3. The average Bonchev–Trinajstić information content (AvgIpc) is 2.38. The third kappa shape index (κ3) is 2.86. The van der Waals surface area contributed by atoms with E-state index in [0.717, 1.165) is 0 Å². The monoisotopic (exact) mass is 263 g/mol. The van der Waals surface area contributed by atoms with Crippen molar-refractivity contribution < 1.29 is 17.9 Å². The molecule has 2 aromatic rings. The second-order valence-electron chi connectivity index (χ2n) is 3.68. The van der Waals surface area contributed by atoms with E-state index < -0.39 is 12.4 Å². The zero-order valence-corrected chi connectivity index (χ0v) is 9.61. The van der Waals surface area contributed by atoms with E-state index in [2.05, 4.69) is 4.74 Å². The van der Waals surface area contributed by atoms with E-state index in [4.69, 9.17) is 5.26 Å². The first kappa shape index (κ1) is 13.0. The minimum atomic E-state index is -3.04. The van der Waals surface area contributed by atoms with E-state index in [1.165, 1.54) is 36.4 Å². The average molecular weight is 263 g/mol. The van der Waals surface area contributed by atoms with Crippen molar-refractivity contribution in [2.75, 3.05) is 0 Å². The smallest absolute Gasteiger partial charge is 0.387 e. The maximum absolute atomic E-state index is 13.6. The Labute approximate surface area is 107 Å². The molecule has 0 aliphatic heterocycles. The highest BCUT2D eigenvalue weighted by Gasteiger charge is 2.12. The molecule has 0 aromatic heterocycles. The number of alkyl halides is 2. The lowest BCUT2D eigenvalue weighted by Gasteiger charge is -2.09. The van der Waals surface area contributed by atoms with Gasteiger partial charge < -0.3 is 4.74 Å². The Bertz CT molecular complexity index is 635. The fourth-order valence-corrected chi connectivity index (χ4v) is 1.67. The standard InChI is InChI=1S/C14H8F3NO/c15-12-4-2-1-3-11(12)9-5-6-10(8-18)13(7-9)19-14(16)17/h1-7,14H. The molecule has 0 fully saturated rings. The van der Waals surface area contributed by atoms with Gasteiger partial charge in [0, 0.05) is 5.56 Å². The molecule has 0 atom stereocenters. The van der Waals surface area contributed by atoms with Crippen LogP contribution in [-0.4, -0.2) is 6.61 Å². The Morgan fingerprint density at radius 1 is 1.11 bits per heavy atom. The Morgan fingerprint density at radius 2 is 1.84 bits per heavy atom. The molecule has 19 heavy (non-hydrogen) atoms. The summed E-state index contributed by atoms with van der Waals surface area (Å²) in [6.07, 6.45) is 0. The van der Waals surface area contributed by atoms with Crippen molar-refractivity contribution in [3.05, 3.63) is 53.8 Å². The number of halogens is 3. The number of nitrogens with zero attached hydrogens (tertiary/aromatic N) is 1. The number of hydrogen-bond acceptors (Lipinski definition) is 2. The Kier molecular flexibility index (Phi) is 3.71. The van der Waals surface area contributed by atoms with Crippen LogP contribution < -0.4 is 4.74 Å².